The molecule has 21 heavy (non-hydrogen) atoms. The number of ether oxygens (including phenoxy) is 1. The van der Waals surface area contributed by atoms with Gasteiger partial charge in [-0.1, -0.05) is 6.07 Å². The Hall–Kier alpha value is -1.92. The fourth-order valence-electron chi connectivity index (χ4n) is 1.95. The second-order valence-electron chi connectivity index (χ2n) is 4.76. The summed E-state index contributed by atoms with van der Waals surface area (Å²) in [6.07, 6.45) is 0. The van der Waals surface area contributed by atoms with Crippen molar-refractivity contribution in [2.24, 2.45) is 5.73 Å². The highest BCUT2D eigenvalue weighted by Crippen LogP contribution is 2.15. The predicted octanol–water partition coefficient (Wildman–Crippen LogP) is 2.03. The number of thiazole rings is 1. The van der Waals surface area contributed by atoms with Crippen molar-refractivity contribution >= 4 is 17.2 Å². The molecule has 0 aliphatic carbocycles. The Morgan fingerprint density at radius 1 is 1.33 bits per heavy atom. The van der Waals surface area contributed by atoms with Crippen LogP contribution in [0.3, 0.4) is 0 Å². The molecule has 0 atom stereocenters. The van der Waals surface area contributed by atoms with Crippen molar-refractivity contribution in [3.8, 4) is 5.75 Å². The number of carbonyl (C=O) groups is 1. The molecule has 1 heterocycles. The van der Waals surface area contributed by atoms with Gasteiger partial charge in [0.1, 0.15) is 23.1 Å². The van der Waals surface area contributed by atoms with E-state index < -0.39 is 0 Å². The number of nitrogens with zero attached hydrogens (tertiary/aromatic N) is 1. The maximum absolute atomic E-state index is 11.8. The van der Waals surface area contributed by atoms with Gasteiger partial charge >= 0.3 is 0 Å². The quantitative estimate of drug-likeness (QED) is 0.801. The second-order valence-corrected chi connectivity index (χ2v) is 5.70. The molecule has 112 valence electrons. The zero-order chi connectivity index (χ0) is 15.2. The third-order valence-corrected chi connectivity index (χ3v) is 3.68. The number of aromatic nitrogens is 1. The highest BCUT2D eigenvalue weighted by molar-refractivity contribution is 7.09. The van der Waals surface area contributed by atoms with Gasteiger partial charge in [0.15, 0.2) is 0 Å². The molecule has 2 rings (SSSR count). The van der Waals surface area contributed by atoms with Crippen LogP contribution < -0.4 is 15.8 Å². The van der Waals surface area contributed by atoms with E-state index in [-0.39, 0.29) is 5.91 Å². The van der Waals surface area contributed by atoms with Crippen LogP contribution in [0.1, 0.15) is 26.6 Å². The normalized spacial score (nSPS) is 10.4. The standard InChI is InChI=1S/C15H19N3O2S/c1-10-5-11(2)7-12(6-10)20-4-3-17-15(19)13-9-21-14(8-16)18-13/h5-7,9H,3-4,8,16H2,1-2H3,(H,17,19). The van der Waals surface area contributed by atoms with Crippen LogP contribution >= 0.6 is 11.3 Å². The average molecular weight is 305 g/mol. The van der Waals surface area contributed by atoms with E-state index in [2.05, 4.69) is 16.4 Å². The molecule has 0 saturated carbocycles. The molecular formula is C15H19N3O2S. The predicted molar refractivity (Wildman–Crippen MR) is 83.7 cm³/mol. The van der Waals surface area contributed by atoms with Gasteiger partial charge in [0, 0.05) is 11.9 Å². The lowest BCUT2D eigenvalue weighted by Crippen LogP contribution is -2.28. The van der Waals surface area contributed by atoms with Crippen LogP contribution in [-0.4, -0.2) is 24.0 Å². The maximum atomic E-state index is 11.8. The third kappa shape index (κ3) is 4.54. The number of hydrogen-bond donors (Lipinski definition) is 2. The number of carbonyl (C=O) groups excluding carboxylic acids is 1. The molecular weight excluding hydrogens is 286 g/mol. The minimum Gasteiger partial charge on any atom is -0.492 e. The molecule has 1 aromatic carbocycles. The largest absolute Gasteiger partial charge is 0.492 e. The van der Waals surface area contributed by atoms with Gasteiger partial charge in [-0.15, -0.1) is 11.3 Å². The summed E-state index contributed by atoms with van der Waals surface area (Å²) < 4.78 is 5.63. The molecule has 0 aliphatic heterocycles. The van der Waals surface area contributed by atoms with E-state index in [1.54, 1.807) is 5.38 Å². The first-order valence-electron chi connectivity index (χ1n) is 6.72. The average Bonchev–Trinajstić information content (AvgIpc) is 2.91. The van der Waals surface area contributed by atoms with E-state index in [0.29, 0.717) is 25.4 Å². The molecule has 1 aromatic heterocycles. The smallest absolute Gasteiger partial charge is 0.270 e. The van der Waals surface area contributed by atoms with Gasteiger partial charge in [0.05, 0.1) is 6.54 Å². The Balaban J connectivity index is 1.77. The van der Waals surface area contributed by atoms with Crippen LogP contribution in [0.25, 0.3) is 0 Å². The summed E-state index contributed by atoms with van der Waals surface area (Å²) in [7, 11) is 0. The summed E-state index contributed by atoms with van der Waals surface area (Å²) in [6, 6.07) is 6.04. The van der Waals surface area contributed by atoms with Crippen LogP contribution in [0.2, 0.25) is 0 Å². The number of rotatable bonds is 6. The van der Waals surface area contributed by atoms with Gasteiger partial charge < -0.3 is 15.8 Å². The fraction of sp³-hybridized carbons (Fsp3) is 0.333. The highest BCUT2D eigenvalue weighted by atomic mass is 32.1. The summed E-state index contributed by atoms with van der Waals surface area (Å²) in [4.78, 5) is 16.0. The minimum atomic E-state index is -0.199. The molecule has 2 aromatic rings. The van der Waals surface area contributed by atoms with E-state index in [4.69, 9.17) is 10.5 Å². The van der Waals surface area contributed by atoms with Crippen molar-refractivity contribution in [2.75, 3.05) is 13.2 Å². The SMILES string of the molecule is Cc1cc(C)cc(OCCNC(=O)c2csc(CN)n2)c1. The lowest BCUT2D eigenvalue weighted by molar-refractivity contribution is 0.0942. The molecule has 0 saturated heterocycles. The number of hydrogen-bond acceptors (Lipinski definition) is 5. The highest BCUT2D eigenvalue weighted by Gasteiger charge is 2.09. The lowest BCUT2D eigenvalue weighted by atomic mass is 10.1. The fourth-order valence-corrected chi connectivity index (χ4v) is 2.60. The zero-order valence-electron chi connectivity index (χ0n) is 12.2. The third-order valence-electron chi connectivity index (χ3n) is 2.81. The van der Waals surface area contributed by atoms with Gasteiger partial charge in [-0.25, -0.2) is 4.98 Å². The van der Waals surface area contributed by atoms with E-state index in [1.807, 2.05) is 26.0 Å². The van der Waals surface area contributed by atoms with Crippen LogP contribution in [0.15, 0.2) is 23.6 Å². The Labute approximate surface area is 128 Å². The van der Waals surface area contributed by atoms with Gasteiger partial charge in [0.2, 0.25) is 0 Å². The van der Waals surface area contributed by atoms with E-state index >= 15 is 0 Å². The molecule has 6 heteroatoms. The number of benzene rings is 1. The van der Waals surface area contributed by atoms with Gasteiger partial charge in [0.25, 0.3) is 5.91 Å². The van der Waals surface area contributed by atoms with Crippen LogP contribution in [-0.2, 0) is 6.54 Å². The number of aryl methyl sites for hydroxylation is 2. The Morgan fingerprint density at radius 3 is 2.67 bits per heavy atom. The second kappa shape index (κ2) is 7.19. The molecule has 0 unspecified atom stereocenters. The Morgan fingerprint density at radius 2 is 2.05 bits per heavy atom. The monoisotopic (exact) mass is 305 g/mol. The van der Waals surface area contributed by atoms with Crippen molar-refractivity contribution < 1.29 is 9.53 Å². The first kappa shape index (κ1) is 15.5. The van der Waals surface area contributed by atoms with Gasteiger partial charge in [-0.3, -0.25) is 4.79 Å². The van der Waals surface area contributed by atoms with Gasteiger partial charge in [-0.05, 0) is 37.1 Å². The van der Waals surface area contributed by atoms with Gasteiger partial charge in [-0.2, -0.15) is 0 Å². The summed E-state index contributed by atoms with van der Waals surface area (Å²) >= 11 is 1.39. The van der Waals surface area contributed by atoms with E-state index in [0.717, 1.165) is 21.9 Å². The maximum Gasteiger partial charge on any atom is 0.270 e. The minimum absolute atomic E-state index is 0.199. The summed E-state index contributed by atoms with van der Waals surface area (Å²) in [5.41, 5.74) is 8.20. The molecule has 0 fully saturated rings. The van der Waals surface area contributed by atoms with Crippen molar-refractivity contribution in [1.29, 1.82) is 0 Å². The van der Waals surface area contributed by atoms with Crippen molar-refractivity contribution in [1.82, 2.24) is 10.3 Å². The first-order valence-corrected chi connectivity index (χ1v) is 7.60. The lowest BCUT2D eigenvalue weighted by Gasteiger charge is -2.08. The molecule has 3 N–H and O–H groups in total. The molecule has 0 bridgehead atoms. The van der Waals surface area contributed by atoms with E-state index in [1.165, 1.54) is 11.3 Å². The molecule has 0 spiro atoms. The van der Waals surface area contributed by atoms with E-state index in [9.17, 15) is 4.79 Å². The molecule has 0 aliphatic rings. The topological polar surface area (TPSA) is 77.2 Å². The van der Waals surface area contributed by atoms with Crippen LogP contribution in [0, 0.1) is 13.8 Å². The zero-order valence-corrected chi connectivity index (χ0v) is 13.0. The van der Waals surface area contributed by atoms with Crippen molar-refractivity contribution in [3.63, 3.8) is 0 Å². The summed E-state index contributed by atoms with van der Waals surface area (Å²) in [6.45, 7) is 5.26. The number of amides is 1. The Kier molecular flexibility index (Phi) is 5.30. The van der Waals surface area contributed by atoms with Crippen LogP contribution in [0.5, 0.6) is 5.75 Å². The molecule has 1 amide bonds. The van der Waals surface area contributed by atoms with Crippen LogP contribution in [0.4, 0.5) is 0 Å². The summed E-state index contributed by atoms with van der Waals surface area (Å²) in [5, 5.41) is 5.24. The van der Waals surface area contributed by atoms with Crippen molar-refractivity contribution in [2.45, 2.75) is 20.4 Å². The molecule has 5 nitrogen and oxygen atoms in total. The molecule has 0 radical (unpaired) electrons. The summed E-state index contributed by atoms with van der Waals surface area (Å²) in [5.74, 6) is 0.621. The van der Waals surface area contributed by atoms with Crippen molar-refractivity contribution in [3.05, 3.63) is 45.4 Å². The number of nitrogens with two attached hydrogens (primary N) is 1. The number of nitrogens with one attached hydrogen (secondary N) is 1. The Bertz CT molecular complexity index is 605. The first-order chi connectivity index (χ1) is 10.1.